The number of carbonyl (C=O) groups is 2. The fraction of sp³-hybridized carbons (Fsp3) is 0.500. The average molecular weight is 336 g/mol. The number of nitrogens with zero attached hydrogens (tertiary/aromatic N) is 1. The lowest BCUT2D eigenvalue weighted by Crippen LogP contribution is -2.39. The van der Waals surface area contributed by atoms with Gasteiger partial charge in [-0.25, -0.2) is 4.79 Å². The molecule has 0 heterocycles. The van der Waals surface area contributed by atoms with E-state index in [0.717, 1.165) is 0 Å². The van der Waals surface area contributed by atoms with E-state index in [1.165, 1.54) is 24.3 Å². The van der Waals surface area contributed by atoms with Gasteiger partial charge in [0.1, 0.15) is 11.4 Å². The van der Waals surface area contributed by atoms with Crippen molar-refractivity contribution in [2.75, 3.05) is 6.54 Å². The molecule has 24 heavy (non-hydrogen) atoms. The van der Waals surface area contributed by atoms with Gasteiger partial charge in [-0.15, -0.1) is 0 Å². The summed E-state index contributed by atoms with van der Waals surface area (Å²) in [4.78, 5) is 33.9. The topological polar surface area (TPSA) is 108 Å². The maximum atomic E-state index is 12.1. The molecule has 1 aromatic carbocycles. The monoisotopic (exact) mass is 336 g/mol. The summed E-state index contributed by atoms with van der Waals surface area (Å²) in [7, 11) is 0. The molecule has 1 fully saturated rings. The van der Waals surface area contributed by atoms with Crippen LogP contribution in [0.3, 0.4) is 0 Å². The van der Waals surface area contributed by atoms with Crippen molar-refractivity contribution in [1.82, 2.24) is 5.32 Å². The van der Waals surface area contributed by atoms with Crippen LogP contribution in [0.4, 0.5) is 10.5 Å². The van der Waals surface area contributed by atoms with Crippen LogP contribution in [0.5, 0.6) is 5.75 Å². The van der Waals surface area contributed by atoms with E-state index in [2.05, 4.69) is 5.32 Å². The van der Waals surface area contributed by atoms with Crippen LogP contribution in [0.15, 0.2) is 24.3 Å². The van der Waals surface area contributed by atoms with Gasteiger partial charge < -0.3 is 14.8 Å². The second kappa shape index (κ2) is 6.46. The second-order valence-corrected chi connectivity index (χ2v) is 6.78. The third kappa shape index (κ3) is 4.68. The average Bonchev–Trinajstić information content (AvgIpc) is 3.25. The molecule has 1 saturated carbocycles. The standard InChI is InChI=1S/C16H20N2O6/c1-15(2,3)24-13(19)16(8-9-16)10-17-14(20)23-12-6-4-11(5-7-12)18(21)22/h4-7H,8-10H2,1-3H3,(H,17,20). The van der Waals surface area contributed by atoms with E-state index in [0.29, 0.717) is 12.8 Å². The SMILES string of the molecule is CC(C)(C)OC(=O)C1(CNC(=O)Oc2ccc([N+](=O)[O-])cc2)CC1. The smallest absolute Gasteiger partial charge is 0.412 e. The summed E-state index contributed by atoms with van der Waals surface area (Å²) < 4.78 is 10.4. The number of hydrogen-bond donors (Lipinski definition) is 1. The van der Waals surface area contributed by atoms with Crippen LogP contribution < -0.4 is 10.1 Å². The van der Waals surface area contributed by atoms with Crippen molar-refractivity contribution in [3.05, 3.63) is 34.4 Å². The van der Waals surface area contributed by atoms with Crippen LogP contribution in [0, 0.1) is 15.5 Å². The summed E-state index contributed by atoms with van der Waals surface area (Å²) in [5.41, 5.74) is -1.35. The zero-order valence-electron chi connectivity index (χ0n) is 13.8. The second-order valence-electron chi connectivity index (χ2n) is 6.78. The Bertz CT molecular complexity index is 644. The number of carbonyl (C=O) groups excluding carboxylic acids is 2. The van der Waals surface area contributed by atoms with Crippen LogP contribution >= 0.6 is 0 Å². The van der Waals surface area contributed by atoms with E-state index in [9.17, 15) is 19.7 Å². The number of nitrogens with one attached hydrogen (secondary N) is 1. The number of amides is 1. The number of nitro benzene ring substituents is 1. The predicted octanol–water partition coefficient (Wildman–Crippen LogP) is 2.81. The van der Waals surface area contributed by atoms with E-state index in [1.807, 2.05) is 0 Å². The molecule has 8 nitrogen and oxygen atoms in total. The maximum absolute atomic E-state index is 12.1. The zero-order valence-corrected chi connectivity index (χ0v) is 13.8. The fourth-order valence-electron chi connectivity index (χ4n) is 2.01. The number of rotatable bonds is 5. The maximum Gasteiger partial charge on any atom is 0.412 e. The molecule has 0 aromatic heterocycles. The number of benzene rings is 1. The van der Waals surface area contributed by atoms with Crippen molar-refractivity contribution >= 4 is 17.7 Å². The van der Waals surface area contributed by atoms with Crippen molar-refractivity contribution in [3.8, 4) is 5.75 Å². The molecule has 1 N–H and O–H groups in total. The third-order valence-electron chi connectivity index (χ3n) is 3.51. The van der Waals surface area contributed by atoms with E-state index >= 15 is 0 Å². The summed E-state index contributed by atoms with van der Waals surface area (Å²) in [6, 6.07) is 5.15. The van der Waals surface area contributed by atoms with Gasteiger partial charge in [0.05, 0.1) is 10.3 Å². The fourth-order valence-corrected chi connectivity index (χ4v) is 2.01. The summed E-state index contributed by atoms with van der Waals surface area (Å²) in [5.74, 6) is -0.147. The number of non-ortho nitro benzene ring substituents is 1. The molecule has 0 atom stereocenters. The van der Waals surface area contributed by atoms with E-state index in [4.69, 9.17) is 9.47 Å². The highest BCUT2D eigenvalue weighted by molar-refractivity contribution is 5.81. The Hall–Kier alpha value is -2.64. The third-order valence-corrected chi connectivity index (χ3v) is 3.51. The lowest BCUT2D eigenvalue weighted by Gasteiger charge is -2.23. The zero-order chi connectivity index (χ0) is 18.0. The number of ether oxygens (including phenoxy) is 2. The highest BCUT2D eigenvalue weighted by Crippen LogP contribution is 2.46. The minimum atomic E-state index is -0.723. The molecule has 1 amide bonds. The molecule has 0 unspecified atom stereocenters. The van der Waals surface area contributed by atoms with Gasteiger partial charge in [0.2, 0.25) is 0 Å². The van der Waals surface area contributed by atoms with E-state index in [-0.39, 0.29) is 24.0 Å². The Morgan fingerprint density at radius 1 is 1.25 bits per heavy atom. The van der Waals surface area contributed by atoms with Gasteiger partial charge in [0.25, 0.3) is 5.69 Å². The predicted molar refractivity (Wildman–Crippen MR) is 84.6 cm³/mol. The van der Waals surface area contributed by atoms with Gasteiger partial charge in [-0.1, -0.05) is 0 Å². The van der Waals surface area contributed by atoms with Gasteiger partial charge in [-0.05, 0) is 45.7 Å². The summed E-state index contributed by atoms with van der Waals surface area (Å²) in [6.45, 7) is 5.50. The first-order chi connectivity index (χ1) is 11.1. The molecular weight excluding hydrogens is 316 g/mol. The highest BCUT2D eigenvalue weighted by Gasteiger charge is 2.52. The van der Waals surface area contributed by atoms with Crippen molar-refractivity contribution in [2.24, 2.45) is 5.41 Å². The largest absolute Gasteiger partial charge is 0.459 e. The molecule has 0 radical (unpaired) electrons. The first kappa shape index (κ1) is 17.7. The summed E-state index contributed by atoms with van der Waals surface area (Å²) in [5, 5.41) is 13.1. The van der Waals surface area contributed by atoms with Gasteiger partial charge >= 0.3 is 12.1 Å². The molecule has 130 valence electrons. The molecule has 0 bridgehead atoms. The number of hydrogen-bond acceptors (Lipinski definition) is 6. The van der Waals surface area contributed by atoms with Gasteiger partial charge in [-0.3, -0.25) is 14.9 Å². The molecule has 1 aliphatic rings. The first-order valence-corrected chi connectivity index (χ1v) is 7.55. The van der Waals surface area contributed by atoms with E-state index in [1.54, 1.807) is 20.8 Å². The number of nitro groups is 1. The quantitative estimate of drug-likeness (QED) is 0.503. The molecule has 1 aromatic rings. The Morgan fingerprint density at radius 3 is 2.29 bits per heavy atom. The van der Waals surface area contributed by atoms with Crippen molar-refractivity contribution in [2.45, 2.75) is 39.2 Å². The summed E-state index contributed by atoms with van der Waals surface area (Å²) >= 11 is 0. The molecule has 2 rings (SSSR count). The van der Waals surface area contributed by atoms with Crippen molar-refractivity contribution in [1.29, 1.82) is 0 Å². The highest BCUT2D eigenvalue weighted by atomic mass is 16.6. The normalized spacial score (nSPS) is 15.3. The molecule has 8 heteroatoms. The van der Waals surface area contributed by atoms with Crippen molar-refractivity contribution < 1.29 is 24.0 Å². The van der Waals surface area contributed by atoms with Gasteiger partial charge in [0, 0.05) is 18.7 Å². The number of esters is 1. The molecular formula is C16H20N2O6. The minimum Gasteiger partial charge on any atom is -0.459 e. The van der Waals surface area contributed by atoms with Crippen LogP contribution in [-0.4, -0.2) is 29.1 Å². The first-order valence-electron chi connectivity index (χ1n) is 7.55. The minimum absolute atomic E-state index is 0.0929. The van der Waals surface area contributed by atoms with Crippen molar-refractivity contribution in [3.63, 3.8) is 0 Å². The van der Waals surface area contributed by atoms with Crippen LogP contribution in [0.2, 0.25) is 0 Å². The van der Waals surface area contributed by atoms with Crippen LogP contribution in [0.25, 0.3) is 0 Å². The Morgan fingerprint density at radius 2 is 1.83 bits per heavy atom. The lowest BCUT2D eigenvalue weighted by atomic mass is 10.1. The Labute approximate surface area is 139 Å². The van der Waals surface area contributed by atoms with Crippen LogP contribution in [-0.2, 0) is 9.53 Å². The van der Waals surface area contributed by atoms with Gasteiger partial charge in [0.15, 0.2) is 0 Å². The van der Waals surface area contributed by atoms with Gasteiger partial charge in [-0.2, -0.15) is 0 Å². The molecule has 1 aliphatic carbocycles. The summed E-state index contributed by atoms with van der Waals surface area (Å²) in [6.07, 6.45) is 0.582. The Balaban J connectivity index is 1.85. The molecule has 0 saturated heterocycles. The Kier molecular flexibility index (Phi) is 4.77. The lowest BCUT2D eigenvalue weighted by molar-refractivity contribution is -0.384. The molecule has 0 spiro atoms. The molecule has 0 aliphatic heterocycles. The van der Waals surface area contributed by atoms with Crippen LogP contribution in [0.1, 0.15) is 33.6 Å². The van der Waals surface area contributed by atoms with E-state index < -0.39 is 22.0 Å².